The van der Waals surface area contributed by atoms with Crippen LogP contribution in [0.3, 0.4) is 0 Å². The van der Waals surface area contributed by atoms with Crippen molar-refractivity contribution in [2.75, 3.05) is 32.8 Å². The zero-order valence-electron chi connectivity index (χ0n) is 12.9. The van der Waals surface area contributed by atoms with E-state index in [0.717, 1.165) is 51.2 Å². The van der Waals surface area contributed by atoms with Crippen molar-refractivity contribution >= 4 is 5.91 Å². The Bertz CT molecular complexity index is 440. The third-order valence-corrected chi connectivity index (χ3v) is 3.74. The number of hydrogen-bond donors (Lipinski definition) is 1. The molecule has 1 aliphatic heterocycles. The Labute approximate surface area is 127 Å². The molecule has 1 heterocycles. The topological polar surface area (TPSA) is 41.6 Å². The molecule has 4 heteroatoms. The second-order valence-corrected chi connectivity index (χ2v) is 5.61. The predicted molar refractivity (Wildman–Crippen MR) is 84.6 cm³/mol. The molecule has 1 aromatic carbocycles. The minimum Gasteiger partial charge on any atom is -0.494 e. The lowest BCUT2D eigenvalue weighted by Gasteiger charge is -2.19. The molecule has 21 heavy (non-hydrogen) atoms. The molecule has 0 spiro atoms. The third-order valence-electron chi connectivity index (χ3n) is 3.74. The first-order chi connectivity index (χ1) is 10.3. The number of carbonyl (C=O) groups is 1. The van der Waals surface area contributed by atoms with E-state index in [0.29, 0.717) is 13.0 Å². The summed E-state index contributed by atoms with van der Waals surface area (Å²) in [5.41, 5.74) is 1.21. The van der Waals surface area contributed by atoms with Crippen LogP contribution in [0.1, 0.15) is 31.2 Å². The van der Waals surface area contributed by atoms with Gasteiger partial charge < -0.3 is 15.0 Å². The van der Waals surface area contributed by atoms with Gasteiger partial charge in [0.2, 0.25) is 5.91 Å². The largest absolute Gasteiger partial charge is 0.494 e. The van der Waals surface area contributed by atoms with Gasteiger partial charge in [-0.15, -0.1) is 0 Å². The van der Waals surface area contributed by atoms with E-state index >= 15 is 0 Å². The summed E-state index contributed by atoms with van der Waals surface area (Å²) in [6.45, 7) is 6.42. The van der Waals surface area contributed by atoms with E-state index < -0.39 is 0 Å². The van der Waals surface area contributed by atoms with E-state index in [1.807, 2.05) is 23.1 Å². The lowest BCUT2D eigenvalue weighted by molar-refractivity contribution is -0.131. The lowest BCUT2D eigenvalue weighted by atomic mass is 10.2. The second kappa shape index (κ2) is 8.67. The Morgan fingerprint density at radius 2 is 2.19 bits per heavy atom. The molecule has 0 saturated carbocycles. The van der Waals surface area contributed by atoms with Crippen LogP contribution in [0.5, 0.6) is 5.75 Å². The SMILES string of the molecule is Cc1cccc(OCCCCC(=O)N2CCCNCC2)c1. The van der Waals surface area contributed by atoms with Crippen molar-refractivity contribution in [3.05, 3.63) is 29.8 Å². The zero-order valence-corrected chi connectivity index (χ0v) is 12.9. The number of nitrogens with one attached hydrogen (secondary N) is 1. The highest BCUT2D eigenvalue weighted by Crippen LogP contribution is 2.13. The van der Waals surface area contributed by atoms with Crippen LogP contribution in [0.25, 0.3) is 0 Å². The number of nitrogens with zero attached hydrogens (tertiary/aromatic N) is 1. The molecule has 1 N–H and O–H groups in total. The molecule has 116 valence electrons. The van der Waals surface area contributed by atoms with Crippen LogP contribution in [0.2, 0.25) is 0 Å². The fourth-order valence-corrected chi connectivity index (χ4v) is 2.53. The maximum absolute atomic E-state index is 12.1. The molecule has 1 aliphatic rings. The number of hydrogen-bond acceptors (Lipinski definition) is 3. The Balaban J connectivity index is 1.59. The van der Waals surface area contributed by atoms with Crippen LogP contribution in [0, 0.1) is 6.92 Å². The second-order valence-electron chi connectivity index (χ2n) is 5.61. The van der Waals surface area contributed by atoms with Gasteiger partial charge in [-0.2, -0.15) is 0 Å². The zero-order chi connectivity index (χ0) is 14.9. The Morgan fingerprint density at radius 1 is 1.29 bits per heavy atom. The number of amides is 1. The highest BCUT2D eigenvalue weighted by atomic mass is 16.5. The summed E-state index contributed by atoms with van der Waals surface area (Å²) in [5, 5.41) is 3.32. The number of rotatable bonds is 6. The van der Waals surface area contributed by atoms with Crippen molar-refractivity contribution in [1.29, 1.82) is 0 Å². The first-order valence-electron chi connectivity index (χ1n) is 7.94. The normalized spacial score (nSPS) is 15.6. The van der Waals surface area contributed by atoms with E-state index in [9.17, 15) is 4.79 Å². The molecular formula is C17H26N2O2. The predicted octanol–water partition coefficient (Wildman–Crippen LogP) is 2.37. The van der Waals surface area contributed by atoms with Crippen LogP contribution in [-0.4, -0.2) is 43.6 Å². The fourth-order valence-electron chi connectivity index (χ4n) is 2.53. The average Bonchev–Trinajstić information content (AvgIpc) is 2.76. The minimum absolute atomic E-state index is 0.286. The maximum Gasteiger partial charge on any atom is 0.222 e. The van der Waals surface area contributed by atoms with Crippen molar-refractivity contribution in [3.8, 4) is 5.75 Å². The van der Waals surface area contributed by atoms with Gasteiger partial charge in [-0.25, -0.2) is 0 Å². The van der Waals surface area contributed by atoms with E-state index in [2.05, 4.69) is 18.3 Å². The summed E-state index contributed by atoms with van der Waals surface area (Å²) in [4.78, 5) is 14.1. The Kier molecular flexibility index (Phi) is 6.54. The maximum atomic E-state index is 12.1. The molecule has 0 atom stereocenters. The van der Waals surface area contributed by atoms with Crippen molar-refractivity contribution < 1.29 is 9.53 Å². The number of carbonyl (C=O) groups excluding carboxylic acids is 1. The molecule has 1 saturated heterocycles. The molecule has 1 aromatic rings. The molecular weight excluding hydrogens is 264 g/mol. The van der Waals surface area contributed by atoms with Crippen molar-refractivity contribution in [3.63, 3.8) is 0 Å². The average molecular weight is 290 g/mol. The van der Waals surface area contributed by atoms with Crippen LogP contribution in [0.4, 0.5) is 0 Å². The number of unbranched alkanes of at least 4 members (excludes halogenated alkanes) is 1. The Morgan fingerprint density at radius 3 is 3.05 bits per heavy atom. The smallest absolute Gasteiger partial charge is 0.222 e. The van der Waals surface area contributed by atoms with Crippen LogP contribution in [0.15, 0.2) is 24.3 Å². The summed E-state index contributed by atoms with van der Waals surface area (Å²) in [7, 11) is 0. The summed E-state index contributed by atoms with van der Waals surface area (Å²) >= 11 is 0. The van der Waals surface area contributed by atoms with Crippen LogP contribution in [-0.2, 0) is 4.79 Å². The summed E-state index contributed by atoms with van der Waals surface area (Å²) < 4.78 is 5.70. The van der Waals surface area contributed by atoms with Crippen LogP contribution >= 0.6 is 0 Å². The molecule has 1 amide bonds. The van der Waals surface area contributed by atoms with Gasteiger partial charge >= 0.3 is 0 Å². The number of ether oxygens (including phenoxy) is 1. The monoisotopic (exact) mass is 290 g/mol. The molecule has 0 aliphatic carbocycles. The van der Waals surface area contributed by atoms with Gasteiger partial charge in [0.15, 0.2) is 0 Å². The van der Waals surface area contributed by atoms with Gasteiger partial charge in [-0.3, -0.25) is 4.79 Å². The van der Waals surface area contributed by atoms with E-state index in [1.54, 1.807) is 0 Å². The van der Waals surface area contributed by atoms with Gasteiger partial charge in [-0.05, 0) is 50.4 Å². The van der Waals surface area contributed by atoms with Gasteiger partial charge in [0.1, 0.15) is 5.75 Å². The number of aryl methyl sites for hydroxylation is 1. The van der Waals surface area contributed by atoms with E-state index in [1.165, 1.54) is 5.56 Å². The minimum atomic E-state index is 0.286. The van der Waals surface area contributed by atoms with E-state index in [4.69, 9.17) is 4.74 Å². The van der Waals surface area contributed by atoms with Gasteiger partial charge in [-0.1, -0.05) is 12.1 Å². The standard InChI is InChI=1S/C17H26N2O2/c1-15-6-4-7-16(14-15)21-13-3-2-8-17(20)19-11-5-9-18-10-12-19/h4,6-7,14,18H,2-3,5,8-13H2,1H3. The van der Waals surface area contributed by atoms with Gasteiger partial charge in [0.25, 0.3) is 0 Å². The van der Waals surface area contributed by atoms with Gasteiger partial charge in [0, 0.05) is 26.1 Å². The summed E-state index contributed by atoms with van der Waals surface area (Å²) in [6.07, 6.45) is 3.51. The molecule has 0 bridgehead atoms. The van der Waals surface area contributed by atoms with Crippen molar-refractivity contribution in [2.24, 2.45) is 0 Å². The molecule has 4 nitrogen and oxygen atoms in total. The summed E-state index contributed by atoms with van der Waals surface area (Å²) in [6, 6.07) is 8.07. The summed E-state index contributed by atoms with van der Waals surface area (Å²) in [5.74, 6) is 1.20. The fraction of sp³-hybridized carbons (Fsp3) is 0.588. The molecule has 0 aromatic heterocycles. The highest BCUT2D eigenvalue weighted by molar-refractivity contribution is 5.76. The quantitative estimate of drug-likeness (QED) is 0.818. The molecule has 1 fully saturated rings. The number of benzene rings is 1. The van der Waals surface area contributed by atoms with E-state index in [-0.39, 0.29) is 5.91 Å². The first-order valence-corrected chi connectivity index (χ1v) is 7.94. The van der Waals surface area contributed by atoms with Gasteiger partial charge in [0.05, 0.1) is 6.61 Å². The lowest BCUT2D eigenvalue weighted by Crippen LogP contribution is -2.34. The highest BCUT2D eigenvalue weighted by Gasteiger charge is 2.14. The third kappa shape index (κ3) is 5.76. The van der Waals surface area contributed by atoms with Crippen molar-refractivity contribution in [1.82, 2.24) is 10.2 Å². The van der Waals surface area contributed by atoms with Crippen molar-refractivity contribution in [2.45, 2.75) is 32.6 Å². The van der Waals surface area contributed by atoms with Crippen LogP contribution < -0.4 is 10.1 Å². The molecule has 2 rings (SSSR count). The molecule has 0 radical (unpaired) electrons. The Hall–Kier alpha value is -1.55. The first kappa shape index (κ1) is 15.8. The molecule has 0 unspecified atom stereocenters.